The third-order valence-electron chi connectivity index (χ3n) is 1.76. The van der Waals surface area contributed by atoms with Gasteiger partial charge >= 0.3 is 0 Å². The van der Waals surface area contributed by atoms with Crippen LogP contribution in [0.5, 0.6) is 0 Å². The number of rotatable bonds is 2. The summed E-state index contributed by atoms with van der Waals surface area (Å²) in [4.78, 5) is 11.8. The summed E-state index contributed by atoms with van der Waals surface area (Å²) in [5, 5.41) is 7.09. The molecule has 0 aromatic heterocycles. The van der Waals surface area contributed by atoms with Crippen LogP contribution in [0.1, 0.15) is 10.4 Å². The highest BCUT2D eigenvalue weighted by Gasteiger charge is 2.27. The average Bonchev–Trinajstić information content (AvgIpc) is 2.16. The van der Waals surface area contributed by atoms with E-state index in [9.17, 15) is 13.2 Å². The number of halogens is 2. The van der Waals surface area contributed by atoms with Gasteiger partial charge in [-0.3, -0.25) is 10.2 Å². The molecule has 0 aliphatic carbocycles. The van der Waals surface area contributed by atoms with Crippen molar-refractivity contribution < 1.29 is 13.2 Å². The number of carbonyl (C=O) groups is 1. The molecule has 0 atom stereocenters. The van der Waals surface area contributed by atoms with Crippen molar-refractivity contribution in [3.63, 3.8) is 0 Å². The number of guanidine groups is 1. The van der Waals surface area contributed by atoms with Gasteiger partial charge in [0.2, 0.25) is 16.0 Å². The van der Waals surface area contributed by atoms with Gasteiger partial charge in [0.25, 0.3) is 5.91 Å². The van der Waals surface area contributed by atoms with Crippen molar-refractivity contribution in [1.82, 2.24) is 4.31 Å². The van der Waals surface area contributed by atoms with Gasteiger partial charge in [-0.05, 0) is 12.1 Å². The number of carbonyl (C=O) groups excluding carboxylic acids is 1. The molecular weight excluding hydrogens is 301 g/mol. The van der Waals surface area contributed by atoms with Crippen LogP contribution >= 0.6 is 24.8 Å². The van der Waals surface area contributed by atoms with E-state index in [-0.39, 0.29) is 34.7 Å². The summed E-state index contributed by atoms with van der Waals surface area (Å²) in [6, 6.07) is 7.77. The highest BCUT2D eigenvalue weighted by molar-refractivity contribution is 7.89. The van der Waals surface area contributed by atoms with Crippen molar-refractivity contribution in [3.05, 3.63) is 35.9 Å². The van der Waals surface area contributed by atoms with Crippen molar-refractivity contribution in [2.24, 2.45) is 5.73 Å². The van der Waals surface area contributed by atoms with E-state index in [1.54, 1.807) is 18.2 Å². The van der Waals surface area contributed by atoms with Crippen LogP contribution in [0, 0.1) is 5.41 Å². The van der Waals surface area contributed by atoms with Gasteiger partial charge in [0.1, 0.15) is 0 Å². The van der Waals surface area contributed by atoms with Crippen LogP contribution in [0.15, 0.2) is 30.3 Å². The van der Waals surface area contributed by atoms with Gasteiger partial charge in [0, 0.05) is 5.56 Å². The molecule has 0 fully saturated rings. The van der Waals surface area contributed by atoms with E-state index in [2.05, 4.69) is 0 Å². The molecule has 102 valence electrons. The van der Waals surface area contributed by atoms with E-state index < -0.39 is 21.9 Å². The largest absolute Gasteiger partial charge is 0.369 e. The Kier molecular flexibility index (Phi) is 7.61. The number of sulfonamides is 1. The van der Waals surface area contributed by atoms with E-state index in [4.69, 9.17) is 11.1 Å². The molecule has 0 spiro atoms. The standard InChI is InChI=1S/C9H11N3O3S.2ClH/c1-16(14,15)12(9(10)11)8(13)7-5-3-2-4-6-7;;/h2-6H,1H3,(H3,10,11);2*1H. The Labute approximate surface area is 118 Å². The Balaban J connectivity index is 0. The van der Waals surface area contributed by atoms with Crippen LogP contribution in [-0.2, 0) is 10.0 Å². The molecule has 0 aliphatic rings. The second kappa shape index (κ2) is 7.20. The molecule has 0 bridgehead atoms. The maximum absolute atomic E-state index is 11.8. The fourth-order valence-electron chi connectivity index (χ4n) is 1.14. The van der Waals surface area contributed by atoms with Crippen LogP contribution in [-0.4, -0.2) is 30.8 Å². The van der Waals surface area contributed by atoms with Gasteiger partial charge in [-0.25, -0.2) is 8.42 Å². The lowest BCUT2D eigenvalue weighted by Gasteiger charge is -2.17. The summed E-state index contributed by atoms with van der Waals surface area (Å²) in [5.41, 5.74) is 5.23. The summed E-state index contributed by atoms with van der Waals surface area (Å²) in [6.07, 6.45) is 0.815. The Morgan fingerprint density at radius 2 is 1.67 bits per heavy atom. The van der Waals surface area contributed by atoms with Crippen molar-refractivity contribution in [3.8, 4) is 0 Å². The molecule has 1 rings (SSSR count). The Morgan fingerprint density at radius 3 is 2.00 bits per heavy atom. The SMILES string of the molecule is CS(=O)(=O)N(C(=N)N)C(=O)c1ccccc1.Cl.Cl. The smallest absolute Gasteiger partial charge is 0.274 e. The van der Waals surface area contributed by atoms with Crippen LogP contribution in [0.2, 0.25) is 0 Å². The maximum Gasteiger partial charge on any atom is 0.274 e. The van der Waals surface area contributed by atoms with Crippen molar-refractivity contribution in [2.75, 3.05) is 6.26 Å². The minimum atomic E-state index is -3.88. The van der Waals surface area contributed by atoms with Crippen molar-refractivity contribution in [1.29, 1.82) is 5.41 Å². The summed E-state index contributed by atoms with van der Waals surface area (Å²) in [5.74, 6) is -1.66. The Morgan fingerprint density at radius 1 is 1.22 bits per heavy atom. The normalized spacial score (nSPS) is 9.61. The lowest BCUT2D eigenvalue weighted by molar-refractivity contribution is 0.0912. The van der Waals surface area contributed by atoms with Crippen LogP contribution < -0.4 is 5.73 Å². The van der Waals surface area contributed by atoms with Crippen LogP contribution in [0.4, 0.5) is 0 Å². The third kappa shape index (κ3) is 4.52. The molecule has 0 heterocycles. The van der Waals surface area contributed by atoms with Crippen LogP contribution in [0.25, 0.3) is 0 Å². The molecule has 1 aromatic carbocycles. The molecule has 1 aromatic rings. The van der Waals surface area contributed by atoms with Gasteiger partial charge in [0.05, 0.1) is 6.26 Å². The van der Waals surface area contributed by atoms with Crippen molar-refractivity contribution >= 4 is 46.7 Å². The zero-order valence-electron chi connectivity index (χ0n) is 9.36. The predicted octanol–water partition coefficient (Wildman–Crippen LogP) is 0.825. The fourth-order valence-corrected chi connectivity index (χ4v) is 1.90. The van der Waals surface area contributed by atoms with Crippen LogP contribution in [0.3, 0.4) is 0 Å². The molecule has 3 N–H and O–H groups in total. The quantitative estimate of drug-likeness (QED) is 0.623. The second-order valence-corrected chi connectivity index (χ2v) is 4.92. The number of nitrogens with zero attached hydrogens (tertiary/aromatic N) is 1. The highest BCUT2D eigenvalue weighted by atomic mass is 35.5. The Bertz CT molecular complexity index is 519. The number of hydrogen-bond donors (Lipinski definition) is 2. The van der Waals surface area contributed by atoms with Crippen molar-refractivity contribution in [2.45, 2.75) is 0 Å². The topological polar surface area (TPSA) is 104 Å². The fraction of sp³-hybridized carbons (Fsp3) is 0.111. The average molecular weight is 314 g/mol. The van der Waals surface area contributed by atoms with Gasteiger partial charge in [-0.1, -0.05) is 18.2 Å². The van der Waals surface area contributed by atoms with E-state index in [1.807, 2.05) is 0 Å². The van der Waals surface area contributed by atoms with Gasteiger partial charge < -0.3 is 5.73 Å². The number of nitrogens with two attached hydrogens (primary N) is 1. The number of hydrogen-bond acceptors (Lipinski definition) is 4. The zero-order chi connectivity index (χ0) is 12.3. The summed E-state index contributed by atoms with van der Waals surface area (Å²) >= 11 is 0. The molecule has 0 unspecified atom stereocenters. The van der Waals surface area contributed by atoms with Gasteiger partial charge in [-0.2, -0.15) is 4.31 Å². The molecule has 0 saturated heterocycles. The molecule has 0 aliphatic heterocycles. The third-order valence-corrected chi connectivity index (χ3v) is 2.78. The molecule has 18 heavy (non-hydrogen) atoms. The van der Waals surface area contributed by atoms with Gasteiger partial charge in [-0.15, -0.1) is 24.8 Å². The lowest BCUT2D eigenvalue weighted by Crippen LogP contribution is -2.44. The monoisotopic (exact) mass is 313 g/mol. The lowest BCUT2D eigenvalue weighted by atomic mass is 10.2. The number of amides is 1. The number of benzene rings is 1. The minimum Gasteiger partial charge on any atom is -0.369 e. The highest BCUT2D eigenvalue weighted by Crippen LogP contribution is 2.07. The summed E-state index contributed by atoms with van der Waals surface area (Å²) < 4.78 is 22.8. The maximum atomic E-state index is 11.8. The van der Waals surface area contributed by atoms with E-state index >= 15 is 0 Å². The van der Waals surface area contributed by atoms with Gasteiger partial charge in [0.15, 0.2) is 0 Å². The van der Waals surface area contributed by atoms with E-state index in [0.717, 1.165) is 6.26 Å². The molecule has 1 amide bonds. The first-order valence-electron chi connectivity index (χ1n) is 4.27. The molecular formula is C9H13Cl2N3O3S. The Hall–Kier alpha value is -1.31. The first kappa shape index (κ1) is 19.0. The molecule has 6 nitrogen and oxygen atoms in total. The minimum absolute atomic E-state index is 0. The summed E-state index contributed by atoms with van der Waals surface area (Å²) in [7, 11) is -3.88. The first-order chi connectivity index (χ1) is 7.34. The second-order valence-electron chi connectivity index (χ2n) is 3.08. The first-order valence-corrected chi connectivity index (χ1v) is 6.12. The molecule has 9 heteroatoms. The van der Waals surface area contributed by atoms with E-state index in [1.165, 1.54) is 12.1 Å². The zero-order valence-corrected chi connectivity index (χ0v) is 11.8. The van der Waals surface area contributed by atoms with E-state index in [0.29, 0.717) is 0 Å². The molecule has 0 radical (unpaired) electrons. The predicted molar refractivity (Wildman–Crippen MR) is 73.9 cm³/mol. The number of nitrogens with one attached hydrogen (secondary N) is 1. The summed E-state index contributed by atoms with van der Waals surface area (Å²) in [6.45, 7) is 0. The molecule has 0 saturated carbocycles.